The Morgan fingerprint density at radius 1 is 1.22 bits per heavy atom. The predicted molar refractivity (Wildman–Crippen MR) is 67.9 cm³/mol. The smallest absolute Gasteiger partial charge is 0.307 e. The molecule has 0 heterocycles. The number of carbonyl (C=O) groups excluding carboxylic acids is 1. The molecule has 18 heavy (non-hydrogen) atoms. The van der Waals surface area contributed by atoms with Crippen molar-refractivity contribution in [2.24, 2.45) is 23.7 Å². The largest absolute Gasteiger partial charge is 0.481 e. The molecule has 0 aromatic heterocycles. The Balaban J connectivity index is 1.92. The standard InChI is InChI=1S/C14H21NO3/c1-2-3-4-7-15-13(16)11-9-5-6-10(8-9)12(11)14(17)18/h5-6,9-12H,2-4,7-8H2,1H3,(H,15,16)(H,17,18)/t9-,10+,11+,12+/m1/s1. The summed E-state index contributed by atoms with van der Waals surface area (Å²) >= 11 is 0. The van der Waals surface area contributed by atoms with Crippen LogP contribution in [0.25, 0.3) is 0 Å². The molecule has 2 aliphatic rings. The number of fused-ring (bicyclic) bond motifs is 2. The van der Waals surface area contributed by atoms with Gasteiger partial charge in [-0.25, -0.2) is 0 Å². The summed E-state index contributed by atoms with van der Waals surface area (Å²) < 4.78 is 0. The second-order valence-electron chi connectivity index (χ2n) is 5.34. The lowest BCUT2D eigenvalue weighted by Gasteiger charge is -2.23. The van der Waals surface area contributed by atoms with Gasteiger partial charge in [-0.3, -0.25) is 9.59 Å². The maximum absolute atomic E-state index is 12.1. The van der Waals surface area contributed by atoms with Crippen LogP contribution < -0.4 is 5.32 Å². The fourth-order valence-corrected chi connectivity index (χ4v) is 3.22. The third-order valence-corrected chi connectivity index (χ3v) is 4.13. The highest BCUT2D eigenvalue weighted by Crippen LogP contribution is 2.48. The second-order valence-corrected chi connectivity index (χ2v) is 5.34. The van der Waals surface area contributed by atoms with Crippen molar-refractivity contribution in [1.29, 1.82) is 0 Å². The molecule has 2 N–H and O–H groups in total. The van der Waals surface area contributed by atoms with Crippen LogP contribution in [0.2, 0.25) is 0 Å². The van der Waals surface area contributed by atoms with Gasteiger partial charge in [0, 0.05) is 6.54 Å². The van der Waals surface area contributed by atoms with Gasteiger partial charge in [0.2, 0.25) is 5.91 Å². The summed E-state index contributed by atoms with van der Waals surface area (Å²) in [5.41, 5.74) is 0. The van der Waals surface area contributed by atoms with Crippen molar-refractivity contribution in [3.8, 4) is 0 Å². The highest BCUT2D eigenvalue weighted by Gasteiger charge is 2.51. The van der Waals surface area contributed by atoms with Gasteiger partial charge in [0.15, 0.2) is 0 Å². The Kier molecular flexibility index (Phi) is 4.04. The van der Waals surface area contributed by atoms with Gasteiger partial charge < -0.3 is 10.4 Å². The fraction of sp³-hybridized carbons (Fsp3) is 0.714. The monoisotopic (exact) mass is 251 g/mol. The van der Waals surface area contributed by atoms with E-state index >= 15 is 0 Å². The molecule has 100 valence electrons. The average Bonchev–Trinajstić information content (AvgIpc) is 2.94. The molecule has 0 spiro atoms. The van der Waals surface area contributed by atoms with Crippen molar-refractivity contribution >= 4 is 11.9 Å². The van der Waals surface area contributed by atoms with Crippen molar-refractivity contribution in [2.75, 3.05) is 6.54 Å². The Morgan fingerprint density at radius 2 is 1.89 bits per heavy atom. The fourth-order valence-electron chi connectivity index (χ4n) is 3.22. The number of carbonyl (C=O) groups is 2. The first kappa shape index (κ1) is 13.1. The van der Waals surface area contributed by atoms with Gasteiger partial charge in [-0.1, -0.05) is 31.9 Å². The third kappa shape index (κ3) is 2.42. The molecular formula is C14H21NO3. The first-order chi connectivity index (χ1) is 8.65. The van der Waals surface area contributed by atoms with E-state index in [1.165, 1.54) is 0 Å². The van der Waals surface area contributed by atoms with Gasteiger partial charge in [-0.2, -0.15) is 0 Å². The van der Waals surface area contributed by atoms with Crippen LogP contribution in [0.15, 0.2) is 12.2 Å². The predicted octanol–water partition coefficient (Wildman–Crippen LogP) is 1.82. The summed E-state index contributed by atoms with van der Waals surface area (Å²) in [7, 11) is 0. The van der Waals surface area contributed by atoms with E-state index < -0.39 is 11.9 Å². The minimum Gasteiger partial charge on any atom is -0.481 e. The quantitative estimate of drug-likeness (QED) is 0.559. The van der Waals surface area contributed by atoms with Crippen LogP contribution in [0.3, 0.4) is 0 Å². The topological polar surface area (TPSA) is 66.4 Å². The molecule has 1 amide bonds. The van der Waals surface area contributed by atoms with E-state index in [0.29, 0.717) is 6.54 Å². The van der Waals surface area contributed by atoms with Crippen molar-refractivity contribution in [2.45, 2.75) is 32.6 Å². The number of carboxylic acid groups (broad SMARTS) is 1. The van der Waals surface area contributed by atoms with E-state index in [-0.39, 0.29) is 23.7 Å². The number of carboxylic acids is 1. The Labute approximate surface area is 107 Å². The number of hydrogen-bond donors (Lipinski definition) is 2. The molecule has 0 saturated heterocycles. The molecule has 0 radical (unpaired) electrons. The number of nitrogens with one attached hydrogen (secondary N) is 1. The number of hydrogen-bond acceptors (Lipinski definition) is 2. The van der Waals surface area contributed by atoms with Gasteiger partial charge in [0.05, 0.1) is 11.8 Å². The molecule has 0 aromatic rings. The number of aliphatic carboxylic acids is 1. The zero-order chi connectivity index (χ0) is 13.1. The highest BCUT2D eigenvalue weighted by atomic mass is 16.4. The maximum atomic E-state index is 12.1. The van der Waals surface area contributed by atoms with Crippen molar-refractivity contribution in [3.63, 3.8) is 0 Å². The summed E-state index contributed by atoms with van der Waals surface area (Å²) in [6.45, 7) is 2.78. The molecule has 4 atom stereocenters. The number of unbranched alkanes of at least 4 members (excludes halogenated alkanes) is 2. The Bertz CT molecular complexity index is 364. The third-order valence-electron chi connectivity index (χ3n) is 4.13. The minimum atomic E-state index is -0.833. The van der Waals surface area contributed by atoms with Crippen LogP contribution in [0.5, 0.6) is 0 Å². The Morgan fingerprint density at radius 3 is 2.50 bits per heavy atom. The van der Waals surface area contributed by atoms with Crippen LogP contribution >= 0.6 is 0 Å². The van der Waals surface area contributed by atoms with E-state index in [9.17, 15) is 14.7 Å². The first-order valence-corrected chi connectivity index (χ1v) is 6.84. The van der Waals surface area contributed by atoms with Crippen LogP contribution in [0, 0.1) is 23.7 Å². The van der Waals surface area contributed by atoms with Crippen molar-refractivity contribution in [3.05, 3.63) is 12.2 Å². The molecule has 2 bridgehead atoms. The lowest BCUT2D eigenvalue weighted by Crippen LogP contribution is -2.40. The maximum Gasteiger partial charge on any atom is 0.307 e. The zero-order valence-corrected chi connectivity index (χ0v) is 10.8. The van der Waals surface area contributed by atoms with Crippen LogP contribution in [-0.4, -0.2) is 23.5 Å². The van der Waals surface area contributed by atoms with Crippen LogP contribution in [0.1, 0.15) is 32.6 Å². The highest BCUT2D eigenvalue weighted by molar-refractivity contribution is 5.86. The Hall–Kier alpha value is -1.32. The van der Waals surface area contributed by atoms with Crippen LogP contribution in [0.4, 0.5) is 0 Å². The second kappa shape index (κ2) is 5.55. The van der Waals surface area contributed by atoms with E-state index in [4.69, 9.17) is 0 Å². The summed E-state index contributed by atoms with van der Waals surface area (Å²) in [6, 6.07) is 0. The summed E-state index contributed by atoms with van der Waals surface area (Å²) in [6.07, 6.45) is 7.98. The van der Waals surface area contributed by atoms with Gasteiger partial charge in [0.1, 0.15) is 0 Å². The van der Waals surface area contributed by atoms with E-state index in [0.717, 1.165) is 25.7 Å². The van der Waals surface area contributed by atoms with E-state index in [2.05, 4.69) is 12.2 Å². The SMILES string of the molecule is CCCCCNC(=O)[C@@H]1[C@@H](C(=O)O)[C@H]2C=C[C@@H]1C2. The zero-order valence-electron chi connectivity index (χ0n) is 10.8. The molecule has 2 rings (SSSR count). The lowest BCUT2D eigenvalue weighted by atomic mass is 9.82. The van der Waals surface area contributed by atoms with E-state index in [1.807, 2.05) is 12.2 Å². The lowest BCUT2D eigenvalue weighted by molar-refractivity contribution is -0.147. The molecule has 4 heteroatoms. The molecular weight excluding hydrogens is 230 g/mol. The van der Waals surface area contributed by atoms with Gasteiger partial charge in [0.25, 0.3) is 0 Å². The molecule has 2 aliphatic carbocycles. The van der Waals surface area contributed by atoms with Gasteiger partial charge in [-0.15, -0.1) is 0 Å². The normalized spacial score (nSPS) is 32.7. The van der Waals surface area contributed by atoms with Gasteiger partial charge >= 0.3 is 5.97 Å². The number of amides is 1. The van der Waals surface area contributed by atoms with Crippen molar-refractivity contribution < 1.29 is 14.7 Å². The molecule has 0 aromatic carbocycles. The summed E-state index contributed by atoms with van der Waals surface area (Å²) in [5, 5.41) is 12.1. The molecule has 0 aliphatic heterocycles. The molecule has 1 saturated carbocycles. The van der Waals surface area contributed by atoms with Crippen molar-refractivity contribution in [1.82, 2.24) is 5.32 Å². The van der Waals surface area contributed by atoms with Crippen LogP contribution in [-0.2, 0) is 9.59 Å². The number of rotatable bonds is 6. The average molecular weight is 251 g/mol. The molecule has 4 nitrogen and oxygen atoms in total. The van der Waals surface area contributed by atoms with E-state index in [1.54, 1.807) is 0 Å². The molecule has 1 fully saturated rings. The summed E-state index contributed by atoms with van der Waals surface area (Å²) in [5.74, 6) is -1.61. The minimum absolute atomic E-state index is 0.0545. The summed E-state index contributed by atoms with van der Waals surface area (Å²) in [4.78, 5) is 23.4. The van der Waals surface area contributed by atoms with Gasteiger partial charge in [-0.05, 0) is 24.7 Å². The first-order valence-electron chi connectivity index (χ1n) is 6.84. The molecule has 0 unspecified atom stereocenters. The number of allylic oxidation sites excluding steroid dienone is 2.